The van der Waals surface area contributed by atoms with Gasteiger partial charge in [0.15, 0.2) is 0 Å². The molecule has 6 heteroatoms. The van der Waals surface area contributed by atoms with Crippen LogP contribution >= 0.6 is 12.2 Å². The molecule has 110 valence electrons. The summed E-state index contributed by atoms with van der Waals surface area (Å²) in [5.41, 5.74) is 6.21. The molecule has 0 unspecified atom stereocenters. The Morgan fingerprint density at radius 1 is 1.20 bits per heavy atom. The highest BCUT2D eigenvalue weighted by atomic mass is 32.2. The van der Waals surface area contributed by atoms with E-state index >= 15 is 0 Å². The van der Waals surface area contributed by atoms with Crippen molar-refractivity contribution in [2.24, 2.45) is 5.73 Å². The van der Waals surface area contributed by atoms with Gasteiger partial charge in [-0.25, -0.2) is 8.42 Å². The third-order valence-corrected chi connectivity index (χ3v) is 6.21. The van der Waals surface area contributed by atoms with Crippen molar-refractivity contribution in [3.63, 3.8) is 0 Å². The highest BCUT2D eigenvalue weighted by molar-refractivity contribution is 7.89. The summed E-state index contributed by atoms with van der Waals surface area (Å²) in [5, 5.41) is 0. The van der Waals surface area contributed by atoms with Crippen molar-refractivity contribution in [1.29, 1.82) is 0 Å². The van der Waals surface area contributed by atoms with Gasteiger partial charge >= 0.3 is 0 Å². The monoisotopic (exact) mass is 312 g/mol. The predicted octanol–water partition coefficient (Wildman–Crippen LogP) is 2.27. The number of nitrogens with two attached hydrogens (primary N) is 1. The van der Waals surface area contributed by atoms with E-state index in [9.17, 15) is 8.42 Å². The van der Waals surface area contributed by atoms with Crippen molar-refractivity contribution in [3.05, 3.63) is 29.8 Å². The molecule has 0 spiro atoms. The lowest BCUT2D eigenvalue weighted by Crippen LogP contribution is -2.47. The summed E-state index contributed by atoms with van der Waals surface area (Å²) in [7, 11) is -3.45. The zero-order valence-electron chi connectivity index (χ0n) is 11.7. The van der Waals surface area contributed by atoms with Gasteiger partial charge < -0.3 is 5.73 Å². The molecule has 0 aliphatic carbocycles. The van der Waals surface area contributed by atoms with Crippen LogP contribution in [0.4, 0.5) is 0 Å². The molecular weight excluding hydrogens is 292 g/mol. The van der Waals surface area contributed by atoms with Gasteiger partial charge in [-0.15, -0.1) is 0 Å². The summed E-state index contributed by atoms with van der Waals surface area (Å²) in [5.74, 6) is 0. The smallest absolute Gasteiger partial charge is 0.243 e. The largest absolute Gasteiger partial charge is 0.389 e. The Labute approximate surface area is 126 Å². The zero-order chi connectivity index (χ0) is 14.9. The molecular formula is C14H20N2O2S2. The van der Waals surface area contributed by atoms with Crippen molar-refractivity contribution in [1.82, 2.24) is 4.31 Å². The van der Waals surface area contributed by atoms with Crippen LogP contribution in [0, 0.1) is 0 Å². The van der Waals surface area contributed by atoms with E-state index in [-0.39, 0.29) is 17.1 Å². The van der Waals surface area contributed by atoms with Gasteiger partial charge in [0.25, 0.3) is 0 Å². The number of benzene rings is 1. The first-order valence-corrected chi connectivity index (χ1v) is 8.62. The molecule has 2 N–H and O–H groups in total. The molecule has 1 aliphatic heterocycles. The molecule has 1 heterocycles. The van der Waals surface area contributed by atoms with Crippen LogP contribution in [-0.2, 0) is 10.0 Å². The fourth-order valence-corrected chi connectivity index (χ4v) is 4.80. The van der Waals surface area contributed by atoms with E-state index in [2.05, 4.69) is 0 Å². The summed E-state index contributed by atoms with van der Waals surface area (Å²) in [6.45, 7) is 3.94. The normalized spacial score (nSPS) is 24.5. The van der Waals surface area contributed by atoms with Gasteiger partial charge in [0.05, 0.1) is 4.90 Å². The Bertz CT molecular complexity index is 586. The third kappa shape index (κ3) is 2.87. The number of rotatable bonds is 3. The Kier molecular flexibility index (Phi) is 4.46. The maximum Gasteiger partial charge on any atom is 0.243 e. The second kappa shape index (κ2) is 5.79. The lowest BCUT2D eigenvalue weighted by Gasteiger charge is -2.37. The SMILES string of the molecule is C[C@@H]1CCC[C@H](C)N1S(=O)(=O)c1ccc(C(N)=S)cc1. The maximum absolute atomic E-state index is 12.8. The molecule has 1 aliphatic rings. The quantitative estimate of drug-likeness (QED) is 0.870. The molecule has 0 bridgehead atoms. The van der Waals surface area contributed by atoms with Crippen LogP contribution in [-0.4, -0.2) is 29.8 Å². The lowest BCUT2D eigenvalue weighted by molar-refractivity contribution is 0.204. The molecule has 1 aromatic carbocycles. The molecule has 20 heavy (non-hydrogen) atoms. The third-order valence-electron chi connectivity index (χ3n) is 3.83. The average molecular weight is 312 g/mol. The standard InChI is InChI=1S/C14H20N2O2S2/c1-10-4-3-5-11(2)16(10)20(17,18)13-8-6-12(7-9-13)14(15)19/h6-11H,3-5H2,1-2H3,(H2,15,19)/t10-,11+. The van der Waals surface area contributed by atoms with Crippen molar-refractivity contribution >= 4 is 27.2 Å². The predicted molar refractivity (Wildman–Crippen MR) is 84.1 cm³/mol. The summed E-state index contributed by atoms with van der Waals surface area (Å²) >= 11 is 4.88. The fourth-order valence-electron chi connectivity index (χ4n) is 2.78. The van der Waals surface area contributed by atoms with E-state index in [4.69, 9.17) is 18.0 Å². The number of hydrogen-bond acceptors (Lipinski definition) is 3. The molecule has 1 aromatic rings. The number of piperidine rings is 1. The van der Waals surface area contributed by atoms with Crippen molar-refractivity contribution in [3.8, 4) is 0 Å². The van der Waals surface area contributed by atoms with Gasteiger partial charge in [0, 0.05) is 17.6 Å². The van der Waals surface area contributed by atoms with E-state index < -0.39 is 10.0 Å². The van der Waals surface area contributed by atoms with E-state index in [1.165, 1.54) is 0 Å². The molecule has 0 amide bonds. The second-order valence-electron chi connectivity index (χ2n) is 5.35. The van der Waals surface area contributed by atoms with Gasteiger partial charge in [0.1, 0.15) is 4.99 Å². The van der Waals surface area contributed by atoms with Crippen molar-refractivity contribution in [2.75, 3.05) is 0 Å². The molecule has 2 rings (SSSR count). The van der Waals surface area contributed by atoms with Crippen LogP contribution in [0.1, 0.15) is 38.7 Å². The molecule has 1 fully saturated rings. The molecule has 0 saturated carbocycles. The van der Waals surface area contributed by atoms with Crippen molar-refractivity contribution in [2.45, 2.75) is 50.1 Å². The zero-order valence-corrected chi connectivity index (χ0v) is 13.4. The van der Waals surface area contributed by atoms with Gasteiger partial charge in [-0.3, -0.25) is 0 Å². The highest BCUT2D eigenvalue weighted by Crippen LogP contribution is 2.29. The van der Waals surface area contributed by atoms with Gasteiger partial charge in [-0.1, -0.05) is 30.8 Å². The van der Waals surface area contributed by atoms with E-state index in [1.807, 2.05) is 13.8 Å². The second-order valence-corrected chi connectivity index (χ2v) is 7.64. The number of thiocarbonyl (C=S) groups is 1. The molecule has 1 saturated heterocycles. The molecule has 0 aromatic heterocycles. The summed E-state index contributed by atoms with van der Waals surface area (Å²) in [6, 6.07) is 6.57. The highest BCUT2D eigenvalue weighted by Gasteiger charge is 2.35. The van der Waals surface area contributed by atoms with Gasteiger partial charge in [-0.05, 0) is 38.8 Å². The minimum atomic E-state index is -3.45. The minimum absolute atomic E-state index is 0.0408. The van der Waals surface area contributed by atoms with E-state index in [0.717, 1.165) is 19.3 Å². The van der Waals surface area contributed by atoms with Gasteiger partial charge in [-0.2, -0.15) is 4.31 Å². The first-order chi connectivity index (χ1) is 9.34. The maximum atomic E-state index is 12.8. The molecule has 4 nitrogen and oxygen atoms in total. The van der Waals surface area contributed by atoms with Crippen molar-refractivity contribution < 1.29 is 8.42 Å². The van der Waals surface area contributed by atoms with Gasteiger partial charge in [0.2, 0.25) is 10.0 Å². The topological polar surface area (TPSA) is 63.4 Å². The van der Waals surface area contributed by atoms with Crippen LogP contribution in [0.5, 0.6) is 0 Å². The van der Waals surface area contributed by atoms with Crippen LogP contribution in [0.25, 0.3) is 0 Å². The van der Waals surface area contributed by atoms with E-state index in [1.54, 1.807) is 28.6 Å². The lowest BCUT2D eigenvalue weighted by atomic mass is 10.0. The molecule has 2 atom stereocenters. The van der Waals surface area contributed by atoms with Crippen LogP contribution in [0.3, 0.4) is 0 Å². The first kappa shape index (κ1) is 15.4. The average Bonchev–Trinajstić information content (AvgIpc) is 2.38. The van der Waals surface area contributed by atoms with Crippen LogP contribution in [0.15, 0.2) is 29.2 Å². The fraction of sp³-hybridized carbons (Fsp3) is 0.500. The van der Waals surface area contributed by atoms with E-state index in [0.29, 0.717) is 10.5 Å². The Morgan fingerprint density at radius 2 is 1.70 bits per heavy atom. The number of sulfonamides is 1. The Morgan fingerprint density at radius 3 is 2.15 bits per heavy atom. The summed E-state index contributed by atoms with van der Waals surface area (Å²) < 4.78 is 27.1. The molecule has 0 radical (unpaired) electrons. The Balaban J connectivity index is 2.36. The number of hydrogen-bond donors (Lipinski definition) is 1. The first-order valence-electron chi connectivity index (χ1n) is 6.77. The minimum Gasteiger partial charge on any atom is -0.389 e. The summed E-state index contributed by atoms with van der Waals surface area (Å²) in [6.07, 6.45) is 2.90. The Hall–Kier alpha value is -0.980. The van der Waals surface area contributed by atoms with Crippen LogP contribution < -0.4 is 5.73 Å². The van der Waals surface area contributed by atoms with Crippen LogP contribution in [0.2, 0.25) is 0 Å². The number of nitrogens with zero attached hydrogens (tertiary/aromatic N) is 1. The summed E-state index contributed by atoms with van der Waals surface area (Å²) in [4.78, 5) is 0.576.